The lowest BCUT2D eigenvalue weighted by atomic mass is 9.71. The molecule has 2 fully saturated rings. The molecule has 1 spiro atoms. The Morgan fingerprint density at radius 3 is 2.32 bits per heavy atom. The van der Waals surface area contributed by atoms with Gasteiger partial charge < -0.3 is 15.4 Å². The third-order valence-corrected chi connectivity index (χ3v) is 5.19. The summed E-state index contributed by atoms with van der Waals surface area (Å²) in [7, 11) is 0. The molecule has 2 aliphatic carbocycles. The first kappa shape index (κ1) is 17.6. The fourth-order valence-corrected chi connectivity index (χ4v) is 3.96. The Labute approximate surface area is 135 Å². The van der Waals surface area contributed by atoms with Crippen molar-refractivity contribution in [2.24, 2.45) is 5.41 Å². The van der Waals surface area contributed by atoms with Crippen LogP contribution in [-0.2, 0) is 4.74 Å². The number of nitrogens with one attached hydrogen (secondary N) is 2. The first-order valence-electron chi connectivity index (χ1n) is 9.01. The van der Waals surface area contributed by atoms with Crippen LogP contribution in [0, 0.1) is 5.41 Å². The second-order valence-corrected chi connectivity index (χ2v) is 8.44. The molecule has 0 radical (unpaired) electrons. The lowest BCUT2D eigenvalue weighted by Gasteiger charge is -2.38. The lowest BCUT2D eigenvalue weighted by Crippen LogP contribution is -2.46. The molecule has 1 amide bonds. The van der Waals surface area contributed by atoms with Crippen molar-refractivity contribution in [1.29, 1.82) is 0 Å². The third-order valence-electron chi connectivity index (χ3n) is 5.19. The molecule has 0 aromatic rings. The van der Waals surface area contributed by atoms with E-state index in [9.17, 15) is 4.79 Å². The molecule has 0 bridgehead atoms. The normalized spacial score (nSPS) is 23.5. The third kappa shape index (κ3) is 5.45. The van der Waals surface area contributed by atoms with E-state index >= 15 is 0 Å². The van der Waals surface area contributed by atoms with Crippen molar-refractivity contribution < 1.29 is 9.53 Å². The predicted molar refractivity (Wildman–Crippen MR) is 90.0 cm³/mol. The molecule has 0 saturated heterocycles. The van der Waals surface area contributed by atoms with E-state index in [0.717, 1.165) is 6.54 Å². The van der Waals surface area contributed by atoms with E-state index in [1.807, 2.05) is 27.7 Å². The summed E-state index contributed by atoms with van der Waals surface area (Å²) in [5.74, 6) is 0. The van der Waals surface area contributed by atoms with Crippen molar-refractivity contribution in [3.05, 3.63) is 0 Å². The zero-order valence-corrected chi connectivity index (χ0v) is 14.8. The summed E-state index contributed by atoms with van der Waals surface area (Å²) >= 11 is 0. The maximum atomic E-state index is 11.7. The minimum atomic E-state index is -0.434. The zero-order chi connectivity index (χ0) is 16.2. The van der Waals surface area contributed by atoms with Gasteiger partial charge in [0, 0.05) is 18.6 Å². The number of rotatable bonds is 4. The molecule has 0 aliphatic heterocycles. The highest BCUT2D eigenvalue weighted by molar-refractivity contribution is 5.68. The van der Waals surface area contributed by atoms with Crippen LogP contribution >= 0.6 is 0 Å². The average molecular weight is 310 g/mol. The van der Waals surface area contributed by atoms with Gasteiger partial charge in [0.25, 0.3) is 0 Å². The number of carbonyl (C=O) groups is 1. The predicted octanol–water partition coefficient (Wildman–Crippen LogP) is 3.99. The van der Waals surface area contributed by atoms with E-state index in [2.05, 4.69) is 10.6 Å². The maximum absolute atomic E-state index is 11.7. The highest BCUT2D eigenvalue weighted by Gasteiger charge is 2.37. The minimum Gasteiger partial charge on any atom is -0.444 e. The number of ether oxygens (including phenoxy) is 1. The highest BCUT2D eigenvalue weighted by Crippen LogP contribution is 2.48. The number of amides is 1. The minimum absolute atomic E-state index is 0.0946. The molecule has 4 heteroatoms. The SMILES string of the molecule is CC(CNC1CCC2(CCCC2)CC1)NC(=O)OC(C)(C)C. The summed E-state index contributed by atoms with van der Waals surface area (Å²) in [5.41, 5.74) is 0.259. The van der Waals surface area contributed by atoms with Crippen LogP contribution in [0.25, 0.3) is 0 Å². The van der Waals surface area contributed by atoms with Crippen LogP contribution in [0.3, 0.4) is 0 Å². The molecule has 2 saturated carbocycles. The van der Waals surface area contributed by atoms with Gasteiger partial charge in [-0.05, 0) is 71.6 Å². The van der Waals surface area contributed by atoms with Crippen LogP contribution in [0.4, 0.5) is 4.79 Å². The Morgan fingerprint density at radius 1 is 1.18 bits per heavy atom. The van der Waals surface area contributed by atoms with Gasteiger partial charge in [0.2, 0.25) is 0 Å². The summed E-state index contributed by atoms with van der Waals surface area (Å²) in [6, 6.07) is 0.714. The van der Waals surface area contributed by atoms with Crippen LogP contribution in [-0.4, -0.2) is 30.3 Å². The van der Waals surface area contributed by atoms with Crippen molar-refractivity contribution >= 4 is 6.09 Å². The highest BCUT2D eigenvalue weighted by atomic mass is 16.6. The molecular weight excluding hydrogens is 276 g/mol. The fourth-order valence-electron chi connectivity index (χ4n) is 3.96. The molecule has 0 heterocycles. The topological polar surface area (TPSA) is 50.4 Å². The van der Waals surface area contributed by atoms with E-state index in [1.54, 1.807) is 0 Å². The van der Waals surface area contributed by atoms with Crippen molar-refractivity contribution in [3.8, 4) is 0 Å². The molecule has 1 atom stereocenters. The fraction of sp³-hybridized carbons (Fsp3) is 0.944. The molecule has 0 aromatic carbocycles. The first-order chi connectivity index (χ1) is 10.3. The van der Waals surface area contributed by atoms with Gasteiger partial charge in [0.15, 0.2) is 0 Å². The number of hydrogen-bond acceptors (Lipinski definition) is 3. The lowest BCUT2D eigenvalue weighted by molar-refractivity contribution is 0.0506. The van der Waals surface area contributed by atoms with Crippen LogP contribution in [0.1, 0.15) is 79.1 Å². The largest absolute Gasteiger partial charge is 0.444 e. The van der Waals surface area contributed by atoms with Gasteiger partial charge in [-0.2, -0.15) is 0 Å². The van der Waals surface area contributed by atoms with Crippen LogP contribution < -0.4 is 10.6 Å². The van der Waals surface area contributed by atoms with Gasteiger partial charge in [-0.25, -0.2) is 4.79 Å². The molecule has 2 N–H and O–H groups in total. The quantitative estimate of drug-likeness (QED) is 0.825. The Bertz CT molecular complexity index is 360. The van der Waals surface area contributed by atoms with Gasteiger partial charge >= 0.3 is 6.09 Å². The second-order valence-electron chi connectivity index (χ2n) is 8.44. The number of alkyl carbamates (subject to hydrolysis) is 1. The summed E-state index contributed by atoms with van der Waals surface area (Å²) in [5, 5.41) is 6.53. The van der Waals surface area contributed by atoms with E-state index in [1.165, 1.54) is 51.4 Å². The summed E-state index contributed by atoms with van der Waals surface area (Å²) < 4.78 is 5.29. The van der Waals surface area contributed by atoms with Crippen LogP contribution in [0.15, 0.2) is 0 Å². The Balaban J connectivity index is 1.63. The summed E-state index contributed by atoms with van der Waals surface area (Å²) in [6.45, 7) is 8.50. The Hall–Kier alpha value is -0.770. The van der Waals surface area contributed by atoms with Crippen molar-refractivity contribution in [2.45, 2.75) is 96.7 Å². The van der Waals surface area contributed by atoms with Gasteiger partial charge in [-0.1, -0.05) is 12.8 Å². The molecule has 4 nitrogen and oxygen atoms in total. The standard InChI is InChI=1S/C18H34N2O2/c1-14(20-16(21)22-17(2,3)4)13-19-15-7-11-18(12-8-15)9-5-6-10-18/h14-15,19H,5-13H2,1-4H3,(H,20,21). The van der Waals surface area contributed by atoms with E-state index in [-0.39, 0.29) is 12.1 Å². The smallest absolute Gasteiger partial charge is 0.407 e. The summed E-state index contributed by atoms with van der Waals surface area (Å²) in [4.78, 5) is 11.7. The Morgan fingerprint density at radius 2 is 1.77 bits per heavy atom. The van der Waals surface area contributed by atoms with Crippen LogP contribution in [0.5, 0.6) is 0 Å². The number of carbonyl (C=O) groups excluding carboxylic acids is 1. The molecule has 1 unspecified atom stereocenters. The monoisotopic (exact) mass is 310 g/mol. The molecule has 2 aliphatic rings. The van der Waals surface area contributed by atoms with Crippen molar-refractivity contribution in [3.63, 3.8) is 0 Å². The molecule has 0 aromatic heterocycles. The summed E-state index contributed by atoms with van der Waals surface area (Å²) in [6.07, 6.45) is 10.8. The van der Waals surface area contributed by atoms with Gasteiger partial charge in [-0.15, -0.1) is 0 Å². The average Bonchev–Trinajstić information content (AvgIpc) is 2.84. The van der Waals surface area contributed by atoms with Gasteiger partial charge in [-0.3, -0.25) is 0 Å². The van der Waals surface area contributed by atoms with Gasteiger partial charge in [0.1, 0.15) is 5.60 Å². The molecule has 22 heavy (non-hydrogen) atoms. The number of hydrogen-bond donors (Lipinski definition) is 2. The Kier molecular flexibility index (Phi) is 5.76. The first-order valence-corrected chi connectivity index (χ1v) is 9.01. The second kappa shape index (κ2) is 7.20. The van der Waals surface area contributed by atoms with E-state index in [4.69, 9.17) is 4.74 Å². The zero-order valence-electron chi connectivity index (χ0n) is 14.8. The van der Waals surface area contributed by atoms with Crippen molar-refractivity contribution in [2.75, 3.05) is 6.54 Å². The van der Waals surface area contributed by atoms with Crippen LogP contribution in [0.2, 0.25) is 0 Å². The molecular formula is C18H34N2O2. The van der Waals surface area contributed by atoms with E-state index < -0.39 is 5.60 Å². The van der Waals surface area contributed by atoms with E-state index in [0.29, 0.717) is 11.5 Å². The van der Waals surface area contributed by atoms with Gasteiger partial charge in [0.05, 0.1) is 0 Å². The molecule has 2 rings (SSSR count). The maximum Gasteiger partial charge on any atom is 0.407 e. The van der Waals surface area contributed by atoms with Crippen molar-refractivity contribution in [1.82, 2.24) is 10.6 Å². The molecule has 128 valence electrons.